The summed E-state index contributed by atoms with van der Waals surface area (Å²) < 4.78 is 6.34. The average Bonchev–Trinajstić information content (AvgIpc) is 2.15. The Balaban J connectivity index is 3.32. The summed E-state index contributed by atoms with van der Waals surface area (Å²) in [5.41, 5.74) is 0.122. The number of hydrogen-bond donors (Lipinski definition) is 1. The second kappa shape index (κ2) is 5.38. The molecule has 0 fully saturated rings. The molecule has 0 amide bonds. The van der Waals surface area contributed by atoms with Crippen molar-refractivity contribution in [3.8, 4) is 5.75 Å². The van der Waals surface area contributed by atoms with Crippen LogP contribution in [0.1, 0.15) is 25.5 Å². The van der Waals surface area contributed by atoms with Crippen molar-refractivity contribution in [2.24, 2.45) is 0 Å². The summed E-state index contributed by atoms with van der Waals surface area (Å²) >= 11 is 3.45. The van der Waals surface area contributed by atoms with Crippen LogP contribution in [0.4, 0.5) is 0 Å². The quantitative estimate of drug-likeness (QED) is 0.928. The molecule has 1 N–H and O–H groups in total. The first-order valence-electron chi connectivity index (χ1n) is 5.49. The van der Waals surface area contributed by atoms with E-state index in [0.29, 0.717) is 0 Å². The van der Waals surface area contributed by atoms with E-state index in [-0.39, 0.29) is 6.04 Å². The summed E-state index contributed by atoms with van der Waals surface area (Å²) in [5, 5.41) is 10.3. The molecule has 0 heterocycles. The fourth-order valence-corrected chi connectivity index (χ4v) is 2.59. The molecule has 1 unspecified atom stereocenters. The van der Waals surface area contributed by atoms with Gasteiger partial charge in [0.05, 0.1) is 18.8 Å². The zero-order valence-corrected chi connectivity index (χ0v) is 12.6. The molecule has 0 aliphatic carbocycles. The zero-order chi connectivity index (χ0) is 13.2. The molecule has 1 atom stereocenters. The van der Waals surface area contributed by atoms with Crippen LogP contribution >= 0.6 is 15.9 Å². The number of rotatable bonds is 4. The van der Waals surface area contributed by atoms with Gasteiger partial charge in [-0.15, -0.1) is 0 Å². The normalized spacial score (nSPS) is 13.9. The van der Waals surface area contributed by atoms with Gasteiger partial charge >= 0.3 is 0 Å². The van der Waals surface area contributed by atoms with E-state index < -0.39 is 5.60 Å². The second-order valence-electron chi connectivity index (χ2n) is 4.91. The topological polar surface area (TPSA) is 32.7 Å². The lowest BCUT2D eigenvalue weighted by molar-refractivity contribution is -0.00411. The fourth-order valence-electron chi connectivity index (χ4n) is 2.21. The molecule has 1 aromatic carbocycles. The Morgan fingerprint density at radius 1 is 1.35 bits per heavy atom. The molecular formula is C13H20BrNO2. The molecule has 0 aliphatic heterocycles. The maximum Gasteiger partial charge on any atom is 0.123 e. The summed E-state index contributed by atoms with van der Waals surface area (Å²) in [6, 6.07) is 5.69. The van der Waals surface area contributed by atoms with Gasteiger partial charge in [-0.2, -0.15) is 0 Å². The molecule has 0 saturated carbocycles. The van der Waals surface area contributed by atoms with Gasteiger partial charge in [0.1, 0.15) is 5.75 Å². The van der Waals surface area contributed by atoms with Crippen LogP contribution in [0.15, 0.2) is 22.7 Å². The molecule has 1 aromatic rings. The van der Waals surface area contributed by atoms with E-state index in [9.17, 15) is 5.11 Å². The van der Waals surface area contributed by atoms with Gasteiger partial charge in [0.25, 0.3) is 0 Å². The molecule has 3 nitrogen and oxygen atoms in total. The van der Waals surface area contributed by atoms with E-state index in [1.807, 2.05) is 37.2 Å². The molecule has 96 valence electrons. The largest absolute Gasteiger partial charge is 0.496 e. The van der Waals surface area contributed by atoms with Gasteiger partial charge < -0.3 is 9.84 Å². The molecule has 0 aromatic heterocycles. The monoisotopic (exact) mass is 301 g/mol. The minimum Gasteiger partial charge on any atom is -0.496 e. The van der Waals surface area contributed by atoms with Crippen LogP contribution in [-0.2, 0) is 0 Å². The first kappa shape index (κ1) is 14.5. The Morgan fingerprint density at radius 3 is 2.35 bits per heavy atom. The Kier molecular flexibility index (Phi) is 4.58. The Hall–Kier alpha value is -0.580. The van der Waals surface area contributed by atoms with Gasteiger partial charge in [0.2, 0.25) is 0 Å². The van der Waals surface area contributed by atoms with Crippen molar-refractivity contribution in [1.29, 1.82) is 0 Å². The van der Waals surface area contributed by atoms with Gasteiger partial charge in [-0.1, -0.05) is 15.9 Å². The first-order valence-corrected chi connectivity index (χ1v) is 6.29. The number of aliphatic hydroxyl groups is 1. The number of methoxy groups -OCH3 is 1. The van der Waals surface area contributed by atoms with Crippen LogP contribution in [0.3, 0.4) is 0 Å². The summed E-state index contributed by atoms with van der Waals surface area (Å²) in [7, 11) is 5.54. The molecule has 0 bridgehead atoms. The third kappa shape index (κ3) is 3.44. The lowest BCUT2D eigenvalue weighted by Gasteiger charge is -2.35. The van der Waals surface area contributed by atoms with E-state index in [1.165, 1.54) is 0 Å². The molecular weight excluding hydrogens is 282 g/mol. The molecule has 17 heavy (non-hydrogen) atoms. The number of ether oxygens (including phenoxy) is 1. The van der Waals surface area contributed by atoms with E-state index in [2.05, 4.69) is 15.9 Å². The van der Waals surface area contributed by atoms with Crippen molar-refractivity contribution in [3.63, 3.8) is 0 Å². The van der Waals surface area contributed by atoms with Gasteiger partial charge in [-0.05, 0) is 46.1 Å². The third-order valence-electron chi connectivity index (χ3n) is 2.67. The maximum absolute atomic E-state index is 10.3. The molecule has 1 rings (SSSR count). The van der Waals surface area contributed by atoms with Crippen LogP contribution in [0.2, 0.25) is 0 Å². The highest BCUT2D eigenvalue weighted by atomic mass is 79.9. The lowest BCUT2D eigenvalue weighted by atomic mass is 9.90. The maximum atomic E-state index is 10.3. The molecule has 0 saturated heterocycles. The van der Waals surface area contributed by atoms with Crippen molar-refractivity contribution >= 4 is 15.9 Å². The number of hydrogen-bond acceptors (Lipinski definition) is 3. The summed E-state index contributed by atoms with van der Waals surface area (Å²) in [6.07, 6.45) is 0. The number of benzene rings is 1. The SMILES string of the molecule is COc1ccc(Br)cc1C(N(C)C)C(C)(C)O. The van der Waals surface area contributed by atoms with Crippen molar-refractivity contribution in [3.05, 3.63) is 28.2 Å². The summed E-state index contributed by atoms with van der Waals surface area (Å²) in [6.45, 7) is 3.61. The van der Waals surface area contributed by atoms with Crippen molar-refractivity contribution in [2.45, 2.75) is 25.5 Å². The second-order valence-corrected chi connectivity index (χ2v) is 5.82. The van der Waals surface area contributed by atoms with Crippen LogP contribution in [-0.4, -0.2) is 36.8 Å². The highest BCUT2D eigenvalue weighted by molar-refractivity contribution is 9.10. The molecule has 0 aliphatic rings. The molecule has 4 heteroatoms. The molecule has 0 radical (unpaired) electrons. The predicted molar refractivity (Wildman–Crippen MR) is 73.4 cm³/mol. The third-order valence-corrected chi connectivity index (χ3v) is 3.17. The van der Waals surface area contributed by atoms with E-state index in [0.717, 1.165) is 15.8 Å². The zero-order valence-electron chi connectivity index (χ0n) is 11.0. The Labute approximate surface area is 112 Å². The van der Waals surface area contributed by atoms with Crippen LogP contribution < -0.4 is 4.74 Å². The van der Waals surface area contributed by atoms with E-state index in [4.69, 9.17) is 4.74 Å². The lowest BCUT2D eigenvalue weighted by Crippen LogP contribution is -2.38. The highest BCUT2D eigenvalue weighted by Crippen LogP contribution is 2.37. The van der Waals surface area contributed by atoms with Crippen LogP contribution in [0.5, 0.6) is 5.75 Å². The van der Waals surface area contributed by atoms with Crippen molar-refractivity contribution < 1.29 is 9.84 Å². The predicted octanol–water partition coefficient (Wildman–Crippen LogP) is 2.83. The Bertz CT molecular complexity index is 385. The van der Waals surface area contributed by atoms with Gasteiger partial charge in [0.15, 0.2) is 0 Å². The number of nitrogens with zero attached hydrogens (tertiary/aromatic N) is 1. The van der Waals surface area contributed by atoms with Crippen LogP contribution in [0, 0.1) is 0 Å². The smallest absolute Gasteiger partial charge is 0.123 e. The fraction of sp³-hybridized carbons (Fsp3) is 0.538. The average molecular weight is 302 g/mol. The van der Waals surface area contributed by atoms with Crippen molar-refractivity contribution in [1.82, 2.24) is 4.90 Å². The van der Waals surface area contributed by atoms with Gasteiger partial charge in [-0.3, -0.25) is 4.90 Å². The number of likely N-dealkylation sites (N-methyl/N-ethyl adjacent to an activating group) is 1. The van der Waals surface area contributed by atoms with Gasteiger partial charge in [0, 0.05) is 10.0 Å². The van der Waals surface area contributed by atoms with E-state index >= 15 is 0 Å². The minimum absolute atomic E-state index is 0.130. The minimum atomic E-state index is -0.850. The van der Waals surface area contributed by atoms with Crippen LogP contribution in [0.25, 0.3) is 0 Å². The first-order chi connectivity index (χ1) is 7.77. The summed E-state index contributed by atoms with van der Waals surface area (Å²) in [5.74, 6) is 0.786. The summed E-state index contributed by atoms with van der Waals surface area (Å²) in [4.78, 5) is 1.99. The number of halogens is 1. The van der Waals surface area contributed by atoms with Gasteiger partial charge in [-0.25, -0.2) is 0 Å². The standard InChI is InChI=1S/C13H20BrNO2/c1-13(2,16)12(15(3)4)10-8-9(14)6-7-11(10)17-5/h6-8,12,16H,1-5H3. The highest BCUT2D eigenvalue weighted by Gasteiger charge is 2.32. The van der Waals surface area contributed by atoms with Crippen molar-refractivity contribution in [2.75, 3.05) is 21.2 Å². The molecule has 0 spiro atoms. The van der Waals surface area contributed by atoms with E-state index in [1.54, 1.807) is 21.0 Å². The Morgan fingerprint density at radius 2 is 1.94 bits per heavy atom.